The minimum atomic E-state index is -0.562. The quantitative estimate of drug-likeness (QED) is 0.256. The summed E-state index contributed by atoms with van der Waals surface area (Å²) in [7, 11) is 0. The molecule has 0 aliphatic heterocycles. The number of benzene rings is 1. The van der Waals surface area contributed by atoms with Crippen LogP contribution in [0.1, 0.15) is 111 Å². The normalized spacial score (nSPS) is 32.8. The summed E-state index contributed by atoms with van der Waals surface area (Å²) in [6.45, 7) is 18.0. The third-order valence-electron chi connectivity index (χ3n) is 12.6. The zero-order valence-electron chi connectivity index (χ0n) is 28.8. The van der Waals surface area contributed by atoms with Gasteiger partial charge in [0.05, 0.1) is 0 Å². The monoisotopic (exact) mass is 618 g/mol. The van der Waals surface area contributed by atoms with Crippen LogP contribution >= 0.6 is 0 Å². The van der Waals surface area contributed by atoms with Gasteiger partial charge in [0.15, 0.2) is 0 Å². The van der Waals surface area contributed by atoms with E-state index in [0.29, 0.717) is 16.8 Å². The van der Waals surface area contributed by atoms with Crippen LogP contribution < -0.4 is 10.6 Å². The summed E-state index contributed by atoms with van der Waals surface area (Å²) in [6, 6.07) is 5.39. The molecule has 3 saturated carbocycles. The van der Waals surface area contributed by atoms with Crippen molar-refractivity contribution in [3.05, 3.63) is 48.1 Å². The number of nitrogens with one attached hydrogen (secondary N) is 2. The Balaban J connectivity index is 1.18. The van der Waals surface area contributed by atoms with Gasteiger partial charge in [0, 0.05) is 17.8 Å². The number of hydrogen-bond donors (Lipinski definition) is 2. The van der Waals surface area contributed by atoms with Crippen molar-refractivity contribution >= 4 is 23.6 Å². The maximum absolute atomic E-state index is 13.0. The van der Waals surface area contributed by atoms with E-state index in [1.165, 1.54) is 63.0 Å². The van der Waals surface area contributed by atoms with Gasteiger partial charge >= 0.3 is 12.2 Å². The lowest BCUT2D eigenvalue weighted by Crippen LogP contribution is -2.51. The van der Waals surface area contributed by atoms with Crippen molar-refractivity contribution in [3.63, 3.8) is 0 Å². The lowest BCUT2D eigenvalue weighted by Gasteiger charge is -2.58. The molecule has 6 nitrogen and oxygen atoms in total. The molecule has 5 rings (SSSR count). The van der Waals surface area contributed by atoms with Gasteiger partial charge in [-0.3, -0.25) is 10.6 Å². The third kappa shape index (κ3) is 7.15. The van der Waals surface area contributed by atoms with Gasteiger partial charge in [-0.2, -0.15) is 0 Å². The van der Waals surface area contributed by atoms with E-state index in [1.54, 1.807) is 6.07 Å². The average molecular weight is 619 g/mol. The highest BCUT2D eigenvalue weighted by atomic mass is 16.6. The first-order valence-electron chi connectivity index (χ1n) is 17.8. The molecule has 0 saturated heterocycles. The molecule has 3 fully saturated rings. The number of allylic oxidation sites excluding steroid dienone is 1. The Morgan fingerprint density at radius 2 is 1.82 bits per heavy atom. The molecule has 0 spiro atoms. The highest BCUT2D eigenvalue weighted by Crippen LogP contribution is 2.67. The van der Waals surface area contributed by atoms with Gasteiger partial charge in [-0.05, 0) is 116 Å². The second kappa shape index (κ2) is 13.9. The standard InChI is InChI=1S/C39H58N2O4/c1-8-22-44-36(42)41-35-24-29(14-12-27(35)5)40-37(43)45-30-18-20-38(6)28(23-30)13-15-31-33-17-16-32(26(4)11-9-10-25(2)3)39(33,7)21-19-34(31)38/h8,12-14,24-26,30-34H,1,9-11,15-23H2,2-7H3,(H,40,43)(H,41,42)/t26-,30+,31+,32-,33+,34+,38+,39-/m1/s1. The van der Waals surface area contributed by atoms with Crippen LogP contribution in [-0.4, -0.2) is 24.9 Å². The fourth-order valence-corrected chi connectivity index (χ4v) is 10.2. The van der Waals surface area contributed by atoms with Gasteiger partial charge < -0.3 is 9.47 Å². The maximum atomic E-state index is 13.0. The summed E-state index contributed by atoms with van der Waals surface area (Å²) in [6.07, 6.45) is 16.6. The molecule has 45 heavy (non-hydrogen) atoms. The van der Waals surface area contributed by atoms with Gasteiger partial charge in [0.2, 0.25) is 0 Å². The van der Waals surface area contributed by atoms with Crippen LogP contribution in [0, 0.1) is 53.3 Å². The first kappa shape index (κ1) is 33.6. The zero-order chi connectivity index (χ0) is 32.4. The van der Waals surface area contributed by atoms with E-state index in [0.717, 1.165) is 60.3 Å². The number of ether oxygens (including phenoxy) is 2. The van der Waals surface area contributed by atoms with Crippen molar-refractivity contribution in [2.45, 2.75) is 118 Å². The minimum Gasteiger partial charge on any atom is -0.446 e. The molecule has 1 aromatic carbocycles. The maximum Gasteiger partial charge on any atom is 0.411 e. The van der Waals surface area contributed by atoms with Crippen LogP contribution in [0.2, 0.25) is 0 Å². The Labute approximate surface area is 272 Å². The molecule has 0 bridgehead atoms. The van der Waals surface area contributed by atoms with E-state index in [1.807, 2.05) is 19.1 Å². The van der Waals surface area contributed by atoms with Crippen LogP contribution in [0.15, 0.2) is 42.5 Å². The smallest absolute Gasteiger partial charge is 0.411 e. The summed E-state index contributed by atoms with van der Waals surface area (Å²) in [5.41, 5.74) is 4.25. The first-order valence-corrected chi connectivity index (χ1v) is 17.8. The molecule has 1 aromatic rings. The number of fused-ring (bicyclic) bond motifs is 5. The second-order valence-corrected chi connectivity index (χ2v) is 15.7. The molecule has 2 N–H and O–H groups in total. The van der Waals surface area contributed by atoms with Crippen molar-refractivity contribution in [3.8, 4) is 0 Å². The minimum absolute atomic E-state index is 0.116. The SMILES string of the molecule is C=CCOC(=O)Nc1cc(NC(=O)O[C@H]2CC[C@@]3(C)C(=CC[C@H]4[C@@H]5CC[C@H]([C@H](C)CCCC(C)C)[C@@]5(C)CC[C@@H]43)C2)ccc1C. The molecular formula is C39H58N2O4. The molecule has 0 radical (unpaired) electrons. The van der Waals surface area contributed by atoms with Crippen LogP contribution in [0.4, 0.5) is 21.0 Å². The van der Waals surface area contributed by atoms with Crippen LogP contribution in [0.25, 0.3) is 0 Å². The van der Waals surface area contributed by atoms with Gasteiger partial charge in [-0.15, -0.1) is 0 Å². The Hall–Kier alpha value is -2.76. The van der Waals surface area contributed by atoms with Crippen LogP contribution in [0.3, 0.4) is 0 Å². The lowest BCUT2D eigenvalue weighted by atomic mass is 9.47. The number of carbonyl (C=O) groups is 2. The average Bonchev–Trinajstić information content (AvgIpc) is 3.35. The number of aryl methyl sites for hydroxylation is 1. The Morgan fingerprint density at radius 1 is 1.02 bits per heavy atom. The molecule has 4 aliphatic carbocycles. The molecular weight excluding hydrogens is 560 g/mol. The van der Waals surface area contributed by atoms with E-state index in [4.69, 9.17) is 9.47 Å². The number of rotatable bonds is 10. The fraction of sp³-hybridized carbons (Fsp3) is 0.692. The summed E-state index contributed by atoms with van der Waals surface area (Å²) in [4.78, 5) is 25.0. The van der Waals surface area contributed by atoms with Gasteiger partial charge in [0.1, 0.15) is 12.7 Å². The predicted octanol–water partition coefficient (Wildman–Crippen LogP) is 10.7. The number of anilines is 2. The number of amides is 2. The largest absolute Gasteiger partial charge is 0.446 e. The molecule has 6 heteroatoms. The zero-order valence-corrected chi connectivity index (χ0v) is 28.8. The predicted molar refractivity (Wildman–Crippen MR) is 183 cm³/mol. The van der Waals surface area contributed by atoms with Gasteiger partial charge in [0.25, 0.3) is 0 Å². The summed E-state index contributed by atoms with van der Waals surface area (Å²) in [5.74, 6) is 4.91. The first-order chi connectivity index (χ1) is 21.4. The summed E-state index contributed by atoms with van der Waals surface area (Å²) >= 11 is 0. The Bertz CT molecular complexity index is 1270. The van der Waals surface area contributed by atoms with E-state index in [9.17, 15) is 9.59 Å². The molecule has 8 atom stereocenters. The van der Waals surface area contributed by atoms with Crippen molar-refractivity contribution < 1.29 is 19.1 Å². The Kier molecular flexibility index (Phi) is 10.4. The molecule has 2 amide bonds. The molecule has 4 aliphatic rings. The van der Waals surface area contributed by atoms with E-state index in [-0.39, 0.29) is 18.1 Å². The topological polar surface area (TPSA) is 76.7 Å². The second-order valence-electron chi connectivity index (χ2n) is 15.7. The molecule has 248 valence electrons. The highest BCUT2D eigenvalue weighted by Gasteiger charge is 2.59. The van der Waals surface area contributed by atoms with E-state index in [2.05, 4.69) is 57.9 Å². The molecule has 0 heterocycles. The number of hydrogen-bond acceptors (Lipinski definition) is 4. The highest BCUT2D eigenvalue weighted by molar-refractivity contribution is 5.89. The molecule has 0 aromatic heterocycles. The van der Waals surface area contributed by atoms with E-state index < -0.39 is 12.2 Å². The fourth-order valence-electron chi connectivity index (χ4n) is 10.2. The van der Waals surface area contributed by atoms with Crippen molar-refractivity contribution in [2.24, 2.45) is 46.3 Å². The van der Waals surface area contributed by atoms with Crippen LogP contribution in [-0.2, 0) is 9.47 Å². The van der Waals surface area contributed by atoms with Gasteiger partial charge in [-0.25, -0.2) is 9.59 Å². The lowest BCUT2D eigenvalue weighted by molar-refractivity contribution is -0.0577. The van der Waals surface area contributed by atoms with Crippen LogP contribution in [0.5, 0.6) is 0 Å². The summed E-state index contributed by atoms with van der Waals surface area (Å²) in [5, 5.41) is 5.60. The third-order valence-corrected chi connectivity index (χ3v) is 12.6. The van der Waals surface area contributed by atoms with Gasteiger partial charge in [-0.1, -0.05) is 84.3 Å². The van der Waals surface area contributed by atoms with Crippen molar-refractivity contribution in [1.29, 1.82) is 0 Å². The van der Waals surface area contributed by atoms with E-state index >= 15 is 0 Å². The van der Waals surface area contributed by atoms with Crippen molar-refractivity contribution in [1.82, 2.24) is 0 Å². The van der Waals surface area contributed by atoms with Crippen molar-refractivity contribution in [2.75, 3.05) is 17.2 Å². The summed E-state index contributed by atoms with van der Waals surface area (Å²) < 4.78 is 11.0. The molecule has 0 unspecified atom stereocenters. The Morgan fingerprint density at radius 3 is 2.58 bits per heavy atom. The number of carbonyl (C=O) groups excluding carboxylic acids is 2.